The summed E-state index contributed by atoms with van der Waals surface area (Å²) in [5.41, 5.74) is 0. The number of nitrogens with one attached hydrogen (secondary N) is 2. The zero-order valence-corrected chi connectivity index (χ0v) is 6.30. The second kappa shape index (κ2) is 2.47. The van der Waals surface area contributed by atoms with Crippen LogP contribution in [0.2, 0.25) is 0 Å². The van der Waals surface area contributed by atoms with E-state index in [1.165, 1.54) is 0 Å². The maximum atomic E-state index is 4.21. The van der Waals surface area contributed by atoms with Crippen molar-refractivity contribution in [2.24, 2.45) is 0 Å². The van der Waals surface area contributed by atoms with E-state index in [0.717, 1.165) is 19.6 Å². The second-order valence-electron chi connectivity index (χ2n) is 1.92. The normalized spacial score (nSPS) is 27.8. The quantitative estimate of drug-likeness (QED) is 0.281. The smallest absolute Gasteiger partial charge is 0.118 e. The number of thiol groups is 2. The molecular weight excluding hydrogens is 140 g/mol. The van der Waals surface area contributed by atoms with E-state index >= 15 is 0 Å². The van der Waals surface area contributed by atoms with Crippen LogP contribution in [0.4, 0.5) is 0 Å². The molecule has 0 aromatic rings. The summed E-state index contributed by atoms with van der Waals surface area (Å²) in [6.45, 7) is 2.79. The van der Waals surface area contributed by atoms with E-state index in [1.54, 1.807) is 0 Å². The lowest BCUT2D eigenvalue weighted by molar-refractivity contribution is 0.484. The molecule has 1 heterocycles. The van der Waals surface area contributed by atoms with Crippen LogP contribution in [0.15, 0.2) is 0 Å². The van der Waals surface area contributed by atoms with Crippen LogP contribution in [0.3, 0.4) is 0 Å². The van der Waals surface area contributed by atoms with Crippen LogP contribution >= 0.6 is 25.3 Å². The van der Waals surface area contributed by atoms with Crippen molar-refractivity contribution in [3.05, 3.63) is 0 Å². The Morgan fingerprint density at radius 2 is 2.00 bits per heavy atom. The van der Waals surface area contributed by atoms with Gasteiger partial charge < -0.3 is 5.32 Å². The predicted molar refractivity (Wildman–Crippen MR) is 41.6 cm³/mol. The molecule has 0 spiro atoms. The van der Waals surface area contributed by atoms with Gasteiger partial charge in [-0.2, -0.15) is 0 Å². The maximum absolute atomic E-state index is 4.21. The van der Waals surface area contributed by atoms with Crippen LogP contribution in [0.25, 0.3) is 0 Å². The summed E-state index contributed by atoms with van der Waals surface area (Å²) in [6.07, 6.45) is 0. The lowest BCUT2D eigenvalue weighted by Gasteiger charge is -2.29. The predicted octanol–water partition coefficient (Wildman–Crippen LogP) is -0.307. The van der Waals surface area contributed by atoms with Crippen LogP contribution in [0, 0.1) is 0 Å². The van der Waals surface area contributed by atoms with Gasteiger partial charge >= 0.3 is 0 Å². The lowest BCUT2D eigenvalue weighted by atomic mass is 10.4. The highest BCUT2D eigenvalue weighted by Gasteiger charge is 2.21. The molecular formula is C4H10N2S2. The highest BCUT2D eigenvalue weighted by molar-refractivity contribution is 8.00. The molecule has 0 atom stereocenters. The highest BCUT2D eigenvalue weighted by Crippen LogP contribution is 2.14. The molecule has 0 saturated carbocycles. The maximum Gasteiger partial charge on any atom is 0.118 e. The highest BCUT2D eigenvalue weighted by atomic mass is 32.2. The summed E-state index contributed by atoms with van der Waals surface area (Å²) in [5, 5.41) is 6.28. The molecule has 8 heavy (non-hydrogen) atoms. The Hall–Kier alpha value is 0.620. The van der Waals surface area contributed by atoms with Crippen molar-refractivity contribution in [3.63, 3.8) is 0 Å². The van der Waals surface area contributed by atoms with Crippen LogP contribution in [0.1, 0.15) is 0 Å². The summed E-state index contributed by atoms with van der Waals surface area (Å²) in [5.74, 6) is 0. The molecule has 48 valence electrons. The van der Waals surface area contributed by atoms with Crippen molar-refractivity contribution < 1.29 is 0 Å². The van der Waals surface area contributed by atoms with Gasteiger partial charge in [-0.15, -0.1) is 25.3 Å². The second-order valence-corrected chi connectivity index (χ2v) is 3.80. The van der Waals surface area contributed by atoms with E-state index in [1.807, 2.05) is 0 Å². The van der Waals surface area contributed by atoms with Crippen LogP contribution < -0.4 is 10.6 Å². The third-order valence-electron chi connectivity index (χ3n) is 1.08. The first-order valence-corrected chi connectivity index (χ1v) is 3.51. The first-order valence-electron chi connectivity index (χ1n) is 2.61. The summed E-state index contributed by atoms with van der Waals surface area (Å²) in [4.78, 5) is 0. The van der Waals surface area contributed by atoms with Crippen LogP contribution in [-0.2, 0) is 0 Å². The lowest BCUT2D eigenvalue weighted by Crippen LogP contribution is -2.52. The minimum absolute atomic E-state index is 0.293. The fourth-order valence-corrected chi connectivity index (χ4v) is 1.12. The molecule has 0 aromatic heterocycles. The van der Waals surface area contributed by atoms with Gasteiger partial charge in [0.1, 0.15) is 4.20 Å². The Morgan fingerprint density at radius 3 is 2.25 bits per heavy atom. The van der Waals surface area contributed by atoms with E-state index < -0.39 is 0 Å². The molecule has 0 unspecified atom stereocenters. The Bertz CT molecular complexity index is 76.1. The van der Waals surface area contributed by atoms with Gasteiger partial charge in [-0.3, -0.25) is 5.32 Å². The molecule has 0 aliphatic carbocycles. The Morgan fingerprint density at radius 1 is 1.25 bits per heavy atom. The van der Waals surface area contributed by atoms with Crippen LogP contribution in [0.5, 0.6) is 0 Å². The van der Waals surface area contributed by atoms with Crippen molar-refractivity contribution in [1.82, 2.24) is 10.6 Å². The fourth-order valence-electron chi connectivity index (χ4n) is 0.676. The zero-order chi connectivity index (χ0) is 6.04. The zero-order valence-electron chi connectivity index (χ0n) is 4.52. The van der Waals surface area contributed by atoms with Gasteiger partial charge in [0, 0.05) is 19.6 Å². The van der Waals surface area contributed by atoms with Gasteiger partial charge in [0.15, 0.2) is 0 Å². The average Bonchev–Trinajstić information content (AvgIpc) is 1.65. The fraction of sp³-hybridized carbons (Fsp3) is 1.00. The van der Waals surface area contributed by atoms with Crippen molar-refractivity contribution in [3.8, 4) is 0 Å². The van der Waals surface area contributed by atoms with Crippen molar-refractivity contribution in [2.45, 2.75) is 4.20 Å². The summed E-state index contributed by atoms with van der Waals surface area (Å²) in [7, 11) is 0. The third kappa shape index (κ3) is 1.85. The number of piperazine rings is 1. The molecule has 0 aromatic carbocycles. The molecule has 1 saturated heterocycles. The van der Waals surface area contributed by atoms with E-state index in [2.05, 4.69) is 35.9 Å². The third-order valence-corrected chi connectivity index (χ3v) is 1.71. The number of hydrogen-bond donors (Lipinski definition) is 4. The van der Waals surface area contributed by atoms with Crippen molar-refractivity contribution in [1.29, 1.82) is 0 Å². The summed E-state index contributed by atoms with van der Waals surface area (Å²) < 4.78 is -0.293. The molecule has 1 fully saturated rings. The van der Waals surface area contributed by atoms with E-state index in [9.17, 15) is 0 Å². The van der Waals surface area contributed by atoms with Gasteiger partial charge in [0.05, 0.1) is 0 Å². The first-order chi connectivity index (χ1) is 3.71. The minimum Gasteiger partial charge on any atom is -0.312 e. The molecule has 0 radical (unpaired) electrons. The molecule has 4 heteroatoms. The minimum atomic E-state index is -0.293. The van der Waals surface area contributed by atoms with Gasteiger partial charge in [-0.1, -0.05) is 0 Å². The molecule has 1 aliphatic rings. The number of hydrogen-bond acceptors (Lipinski definition) is 4. The Labute approximate surface area is 60.2 Å². The van der Waals surface area contributed by atoms with E-state index in [4.69, 9.17) is 0 Å². The van der Waals surface area contributed by atoms with E-state index in [0.29, 0.717) is 0 Å². The monoisotopic (exact) mass is 150 g/mol. The summed E-state index contributed by atoms with van der Waals surface area (Å²) in [6, 6.07) is 0. The Balaban J connectivity index is 2.33. The molecule has 1 rings (SSSR count). The molecule has 2 N–H and O–H groups in total. The Kier molecular flexibility index (Phi) is 2.08. The van der Waals surface area contributed by atoms with Gasteiger partial charge in [0.2, 0.25) is 0 Å². The summed E-state index contributed by atoms with van der Waals surface area (Å²) >= 11 is 8.42. The van der Waals surface area contributed by atoms with Crippen LogP contribution in [-0.4, -0.2) is 23.8 Å². The van der Waals surface area contributed by atoms with Gasteiger partial charge in [-0.25, -0.2) is 0 Å². The largest absolute Gasteiger partial charge is 0.312 e. The van der Waals surface area contributed by atoms with Gasteiger partial charge in [-0.05, 0) is 0 Å². The molecule has 2 nitrogen and oxygen atoms in total. The topological polar surface area (TPSA) is 24.1 Å². The number of rotatable bonds is 0. The van der Waals surface area contributed by atoms with Crippen molar-refractivity contribution in [2.75, 3.05) is 19.6 Å². The van der Waals surface area contributed by atoms with Crippen molar-refractivity contribution >= 4 is 25.3 Å². The average molecular weight is 150 g/mol. The van der Waals surface area contributed by atoms with E-state index in [-0.39, 0.29) is 4.20 Å². The molecule has 0 bridgehead atoms. The standard InChI is InChI=1S/C4H10N2S2/c7-4(8)3-5-1-2-6-4/h5-8H,1-3H2. The molecule has 0 amide bonds. The molecule has 1 aliphatic heterocycles. The SMILES string of the molecule is SC1(S)CNCCN1. The van der Waals surface area contributed by atoms with Gasteiger partial charge in [0.25, 0.3) is 0 Å². The first kappa shape index (κ1) is 6.74.